The van der Waals surface area contributed by atoms with Crippen molar-refractivity contribution in [2.45, 2.75) is 24.5 Å². The Morgan fingerprint density at radius 3 is 2.14 bits per heavy atom. The predicted octanol–water partition coefficient (Wildman–Crippen LogP) is 3.79. The number of nitrogens with one attached hydrogen (secondary N) is 1. The Balaban J connectivity index is 1.56. The van der Waals surface area contributed by atoms with Crippen LogP contribution in [0.2, 0.25) is 0 Å². The molecule has 0 atom stereocenters. The van der Waals surface area contributed by atoms with Gasteiger partial charge in [-0.2, -0.15) is 0 Å². The molecule has 4 rings (SSSR count). The maximum Gasteiger partial charge on any atom is 0.249 e. The second kappa shape index (κ2) is 13.7. The SMILES string of the molecule is COc1ccc(CN(C(=O)Cn2cc(CNS(=O)(=O)c3ccc(Br)cc3)nn2)c2cc(OC)c(OC)c(OC)c2)cc1. The highest BCUT2D eigenvalue weighted by Gasteiger charge is 2.23. The van der Waals surface area contributed by atoms with Crippen LogP contribution < -0.4 is 28.6 Å². The minimum absolute atomic E-state index is 0.102. The molecule has 1 aromatic heterocycles. The highest BCUT2D eigenvalue weighted by atomic mass is 79.9. The van der Waals surface area contributed by atoms with E-state index in [1.54, 1.807) is 36.3 Å². The number of methoxy groups -OCH3 is 4. The van der Waals surface area contributed by atoms with Gasteiger partial charge >= 0.3 is 0 Å². The van der Waals surface area contributed by atoms with Crippen molar-refractivity contribution >= 4 is 37.5 Å². The molecule has 12 nitrogen and oxygen atoms in total. The summed E-state index contributed by atoms with van der Waals surface area (Å²) in [6.45, 7) is -0.0513. The number of sulfonamides is 1. The van der Waals surface area contributed by atoms with E-state index >= 15 is 0 Å². The maximum atomic E-state index is 13.7. The fourth-order valence-electron chi connectivity index (χ4n) is 4.05. The molecular formula is C28H30BrN5O7S. The number of hydrogen-bond donors (Lipinski definition) is 1. The quantitative estimate of drug-likeness (QED) is 0.227. The smallest absolute Gasteiger partial charge is 0.249 e. The van der Waals surface area contributed by atoms with Crippen molar-refractivity contribution in [3.63, 3.8) is 0 Å². The molecule has 222 valence electrons. The van der Waals surface area contributed by atoms with Crippen LogP contribution in [0.3, 0.4) is 0 Å². The average molecular weight is 661 g/mol. The molecule has 0 radical (unpaired) electrons. The molecule has 4 aromatic rings. The number of aromatic nitrogens is 3. The molecule has 0 saturated carbocycles. The van der Waals surface area contributed by atoms with Gasteiger partial charge in [0.2, 0.25) is 21.7 Å². The van der Waals surface area contributed by atoms with Gasteiger partial charge in [0, 0.05) is 16.6 Å². The molecule has 0 aliphatic heterocycles. The Bertz CT molecular complexity index is 1600. The minimum atomic E-state index is -3.76. The molecule has 0 spiro atoms. The van der Waals surface area contributed by atoms with Gasteiger partial charge in [-0.3, -0.25) is 4.79 Å². The van der Waals surface area contributed by atoms with Gasteiger partial charge in [0.1, 0.15) is 12.3 Å². The van der Waals surface area contributed by atoms with E-state index in [1.165, 1.54) is 44.3 Å². The zero-order valence-corrected chi connectivity index (χ0v) is 25.8. The Kier molecular flexibility index (Phi) is 10.0. The Hall–Kier alpha value is -4.14. The predicted molar refractivity (Wildman–Crippen MR) is 158 cm³/mol. The summed E-state index contributed by atoms with van der Waals surface area (Å²) in [5.74, 6) is 1.55. The van der Waals surface area contributed by atoms with Gasteiger partial charge in [-0.05, 0) is 42.0 Å². The first-order valence-electron chi connectivity index (χ1n) is 12.5. The van der Waals surface area contributed by atoms with Crippen molar-refractivity contribution in [2.24, 2.45) is 0 Å². The first-order chi connectivity index (χ1) is 20.2. The zero-order valence-electron chi connectivity index (χ0n) is 23.4. The lowest BCUT2D eigenvalue weighted by Gasteiger charge is -2.25. The summed E-state index contributed by atoms with van der Waals surface area (Å²) < 4.78 is 51.6. The van der Waals surface area contributed by atoms with Gasteiger partial charge in [0.15, 0.2) is 11.5 Å². The molecule has 1 N–H and O–H groups in total. The molecule has 0 aliphatic rings. The van der Waals surface area contributed by atoms with E-state index in [4.69, 9.17) is 18.9 Å². The molecule has 0 fully saturated rings. The summed E-state index contributed by atoms with van der Waals surface area (Å²) in [7, 11) is 2.32. The van der Waals surface area contributed by atoms with E-state index in [-0.39, 0.29) is 30.4 Å². The first-order valence-corrected chi connectivity index (χ1v) is 14.8. The Morgan fingerprint density at radius 1 is 0.929 bits per heavy atom. The van der Waals surface area contributed by atoms with Crippen molar-refractivity contribution in [1.29, 1.82) is 0 Å². The molecule has 0 unspecified atom stereocenters. The summed E-state index contributed by atoms with van der Waals surface area (Å²) in [6, 6.07) is 17.0. The number of benzene rings is 3. The van der Waals surface area contributed by atoms with Gasteiger partial charge in [0.25, 0.3) is 0 Å². The lowest BCUT2D eigenvalue weighted by atomic mass is 10.1. The number of anilines is 1. The summed E-state index contributed by atoms with van der Waals surface area (Å²) in [6.07, 6.45) is 1.52. The minimum Gasteiger partial charge on any atom is -0.497 e. The number of carbonyl (C=O) groups excluding carboxylic acids is 1. The van der Waals surface area contributed by atoms with Crippen LogP contribution in [0.4, 0.5) is 5.69 Å². The Labute approximate surface area is 252 Å². The number of hydrogen-bond acceptors (Lipinski definition) is 9. The van der Waals surface area contributed by atoms with Crippen LogP contribution in [0.5, 0.6) is 23.0 Å². The van der Waals surface area contributed by atoms with E-state index in [9.17, 15) is 13.2 Å². The number of halogens is 1. The van der Waals surface area contributed by atoms with E-state index in [1.807, 2.05) is 24.3 Å². The van der Waals surface area contributed by atoms with E-state index < -0.39 is 10.0 Å². The summed E-state index contributed by atoms with van der Waals surface area (Å²) in [5, 5.41) is 8.06. The van der Waals surface area contributed by atoms with Crippen LogP contribution in [0, 0.1) is 0 Å². The van der Waals surface area contributed by atoms with E-state index in [0.717, 1.165) is 10.0 Å². The molecule has 1 amide bonds. The highest BCUT2D eigenvalue weighted by Crippen LogP contribution is 2.41. The van der Waals surface area contributed by atoms with Crippen LogP contribution in [0.25, 0.3) is 0 Å². The summed E-state index contributed by atoms with van der Waals surface area (Å²) >= 11 is 3.29. The number of amides is 1. The van der Waals surface area contributed by atoms with E-state index in [2.05, 4.69) is 31.0 Å². The summed E-state index contributed by atoms with van der Waals surface area (Å²) in [5.41, 5.74) is 1.70. The van der Waals surface area contributed by atoms with Gasteiger partial charge in [-0.25, -0.2) is 17.8 Å². The van der Waals surface area contributed by atoms with Crippen molar-refractivity contribution in [2.75, 3.05) is 33.3 Å². The molecule has 42 heavy (non-hydrogen) atoms. The third-order valence-electron chi connectivity index (χ3n) is 6.21. The molecular weight excluding hydrogens is 630 g/mol. The fraction of sp³-hybridized carbons (Fsp3) is 0.250. The normalized spacial score (nSPS) is 11.2. The molecule has 0 bridgehead atoms. The first kappa shape index (κ1) is 30.8. The molecule has 14 heteroatoms. The molecule has 0 aliphatic carbocycles. The third kappa shape index (κ3) is 7.38. The average Bonchev–Trinajstić information content (AvgIpc) is 3.45. The topological polar surface area (TPSA) is 134 Å². The number of nitrogens with zero attached hydrogens (tertiary/aromatic N) is 4. The van der Waals surface area contributed by atoms with Crippen LogP contribution in [0.1, 0.15) is 11.3 Å². The number of carbonyl (C=O) groups is 1. The van der Waals surface area contributed by atoms with Gasteiger partial charge in [-0.15, -0.1) is 5.10 Å². The van der Waals surface area contributed by atoms with Crippen LogP contribution in [0.15, 0.2) is 76.2 Å². The number of ether oxygens (including phenoxy) is 4. The lowest BCUT2D eigenvalue weighted by Crippen LogP contribution is -2.33. The molecule has 3 aromatic carbocycles. The molecule has 1 heterocycles. The van der Waals surface area contributed by atoms with Crippen LogP contribution in [-0.2, 0) is 34.5 Å². The van der Waals surface area contributed by atoms with Crippen molar-refractivity contribution in [3.05, 3.63) is 82.6 Å². The van der Waals surface area contributed by atoms with Gasteiger partial charge in [0.05, 0.1) is 64.0 Å². The highest BCUT2D eigenvalue weighted by molar-refractivity contribution is 9.10. The van der Waals surface area contributed by atoms with Crippen molar-refractivity contribution < 1.29 is 32.2 Å². The van der Waals surface area contributed by atoms with Gasteiger partial charge in [-0.1, -0.05) is 33.3 Å². The maximum absolute atomic E-state index is 13.7. The number of rotatable bonds is 13. The Morgan fingerprint density at radius 2 is 1.57 bits per heavy atom. The molecule has 0 saturated heterocycles. The van der Waals surface area contributed by atoms with Crippen molar-refractivity contribution in [3.8, 4) is 23.0 Å². The van der Waals surface area contributed by atoms with Crippen molar-refractivity contribution in [1.82, 2.24) is 19.7 Å². The standard InChI is InChI=1S/C28H30BrN5O7S/c1-38-23-9-5-19(6-10-23)16-34(22-13-25(39-2)28(41-4)26(14-22)40-3)27(35)18-33-17-21(31-32-33)15-30-42(36,37)24-11-7-20(29)8-12-24/h5-14,17,30H,15-16,18H2,1-4H3. The third-order valence-corrected chi connectivity index (χ3v) is 8.16. The second-order valence-corrected chi connectivity index (χ2v) is 11.6. The second-order valence-electron chi connectivity index (χ2n) is 8.90. The van der Waals surface area contributed by atoms with Gasteiger partial charge < -0.3 is 23.8 Å². The van der Waals surface area contributed by atoms with Crippen LogP contribution in [-0.4, -0.2) is 57.8 Å². The lowest BCUT2D eigenvalue weighted by molar-refractivity contribution is -0.119. The fourth-order valence-corrected chi connectivity index (χ4v) is 5.31. The monoisotopic (exact) mass is 659 g/mol. The largest absolute Gasteiger partial charge is 0.497 e. The zero-order chi connectivity index (χ0) is 30.3. The van der Waals surface area contributed by atoms with E-state index in [0.29, 0.717) is 34.4 Å². The summed E-state index contributed by atoms with van der Waals surface area (Å²) in [4.78, 5) is 15.4. The van der Waals surface area contributed by atoms with Crippen LogP contribution >= 0.6 is 15.9 Å².